The Hall–Kier alpha value is -2.67. The van der Waals surface area contributed by atoms with Gasteiger partial charge >= 0.3 is 0 Å². The standard InChI is InChI=1S/C21H17N/c1-14-12-20-18(13-17-10-6-7-11-19(17)22-20)21(15(14)2)16-8-4-3-5-9-16/h3-13H,1-2H3. The molecular weight excluding hydrogens is 266 g/mol. The van der Waals surface area contributed by atoms with Crippen LogP contribution in [0.2, 0.25) is 0 Å². The lowest BCUT2D eigenvalue weighted by molar-refractivity contribution is 1.34. The van der Waals surface area contributed by atoms with E-state index in [1.807, 2.05) is 6.07 Å². The van der Waals surface area contributed by atoms with Crippen molar-refractivity contribution in [2.24, 2.45) is 0 Å². The second-order valence-electron chi connectivity index (χ2n) is 5.81. The van der Waals surface area contributed by atoms with Crippen molar-refractivity contribution in [3.63, 3.8) is 0 Å². The fraction of sp³-hybridized carbons (Fsp3) is 0.0952. The Morgan fingerprint density at radius 1 is 0.727 bits per heavy atom. The minimum atomic E-state index is 1.05. The maximum absolute atomic E-state index is 4.87. The maximum atomic E-state index is 4.87. The molecule has 4 aromatic rings. The van der Waals surface area contributed by atoms with Crippen molar-refractivity contribution in [2.75, 3.05) is 0 Å². The largest absolute Gasteiger partial charge is 0.248 e. The Labute approximate surface area is 130 Å². The molecule has 1 heterocycles. The summed E-state index contributed by atoms with van der Waals surface area (Å²) in [7, 11) is 0. The summed E-state index contributed by atoms with van der Waals surface area (Å²) < 4.78 is 0. The van der Waals surface area contributed by atoms with E-state index in [4.69, 9.17) is 4.98 Å². The van der Waals surface area contributed by atoms with Gasteiger partial charge in [-0.15, -0.1) is 0 Å². The Morgan fingerprint density at radius 3 is 2.27 bits per heavy atom. The molecule has 22 heavy (non-hydrogen) atoms. The fourth-order valence-electron chi connectivity index (χ4n) is 3.13. The molecule has 0 bridgehead atoms. The number of benzene rings is 3. The lowest BCUT2D eigenvalue weighted by Crippen LogP contribution is -1.92. The van der Waals surface area contributed by atoms with Crippen LogP contribution < -0.4 is 0 Å². The van der Waals surface area contributed by atoms with Gasteiger partial charge in [-0.1, -0.05) is 48.5 Å². The summed E-state index contributed by atoms with van der Waals surface area (Å²) in [5.74, 6) is 0. The monoisotopic (exact) mass is 283 g/mol. The van der Waals surface area contributed by atoms with E-state index in [-0.39, 0.29) is 0 Å². The highest BCUT2D eigenvalue weighted by Gasteiger charge is 2.11. The average Bonchev–Trinajstić information content (AvgIpc) is 2.55. The first-order valence-electron chi connectivity index (χ1n) is 7.59. The van der Waals surface area contributed by atoms with Crippen LogP contribution in [0.3, 0.4) is 0 Å². The highest BCUT2D eigenvalue weighted by molar-refractivity contribution is 6.02. The van der Waals surface area contributed by atoms with E-state index in [9.17, 15) is 0 Å². The molecular formula is C21H17N. The van der Waals surface area contributed by atoms with Crippen LogP contribution >= 0.6 is 0 Å². The second-order valence-corrected chi connectivity index (χ2v) is 5.81. The molecule has 4 rings (SSSR count). The van der Waals surface area contributed by atoms with Crippen LogP contribution in [0.1, 0.15) is 11.1 Å². The lowest BCUT2D eigenvalue weighted by Gasteiger charge is -2.14. The van der Waals surface area contributed by atoms with Gasteiger partial charge < -0.3 is 0 Å². The quantitative estimate of drug-likeness (QED) is 0.410. The summed E-state index contributed by atoms with van der Waals surface area (Å²) in [6, 6.07) is 23.4. The van der Waals surface area contributed by atoms with Crippen LogP contribution in [-0.4, -0.2) is 4.98 Å². The number of fused-ring (bicyclic) bond motifs is 2. The van der Waals surface area contributed by atoms with Gasteiger partial charge in [0, 0.05) is 10.8 Å². The molecule has 3 aromatic carbocycles. The van der Waals surface area contributed by atoms with Crippen molar-refractivity contribution in [1.29, 1.82) is 0 Å². The highest BCUT2D eigenvalue weighted by atomic mass is 14.7. The summed E-state index contributed by atoms with van der Waals surface area (Å²) in [6.07, 6.45) is 0. The van der Waals surface area contributed by atoms with Crippen molar-refractivity contribution in [1.82, 2.24) is 4.98 Å². The smallest absolute Gasteiger partial charge is 0.0718 e. The van der Waals surface area contributed by atoms with E-state index in [1.165, 1.54) is 33.0 Å². The molecule has 0 atom stereocenters. The van der Waals surface area contributed by atoms with Gasteiger partial charge in [0.1, 0.15) is 0 Å². The van der Waals surface area contributed by atoms with Crippen molar-refractivity contribution >= 4 is 21.8 Å². The third kappa shape index (κ3) is 1.98. The topological polar surface area (TPSA) is 12.9 Å². The first-order chi connectivity index (χ1) is 10.7. The molecule has 1 nitrogen and oxygen atoms in total. The van der Waals surface area contributed by atoms with E-state index >= 15 is 0 Å². The third-order valence-corrected chi connectivity index (χ3v) is 4.40. The molecule has 0 saturated heterocycles. The van der Waals surface area contributed by atoms with Crippen LogP contribution in [-0.2, 0) is 0 Å². The van der Waals surface area contributed by atoms with Gasteiger partial charge in [-0.3, -0.25) is 0 Å². The zero-order chi connectivity index (χ0) is 15.1. The first-order valence-corrected chi connectivity index (χ1v) is 7.59. The van der Waals surface area contributed by atoms with E-state index in [0.29, 0.717) is 0 Å². The molecule has 0 N–H and O–H groups in total. The summed E-state index contributed by atoms with van der Waals surface area (Å²) >= 11 is 0. The van der Waals surface area contributed by atoms with Crippen LogP contribution in [0.5, 0.6) is 0 Å². The van der Waals surface area contributed by atoms with Crippen LogP contribution in [0, 0.1) is 13.8 Å². The second kappa shape index (κ2) is 4.96. The van der Waals surface area contributed by atoms with Crippen molar-refractivity contribution in [2.45, 2.75) is 13.8 Å². The number of nitrogens with zero attached hydrogens (tertiary/aromatic N) is 1. The zero-order valence-electron chi connectivity index (χ0n) is 12.8. The summed E-state index contributed by atoms with van der Waals surface area (Å²) in [6.45, 7) is 4.37. The molecule has 1 aromatic heterocycles. The lowest BCUT2D eigenvalue weighted by atomic mass is 9.92. The van der Waals surface area contributed by atoms with Gasteiger partial charge in [0.25, 0.3) is 0 Å². The number of aromatic nitrogens is 1. The summed E-state index contributed by atoms with van der Waals surface area (Å²) in [5, 5.41) is 2.42. The van der Waals surface area contributed by atoms with Gasteiger partial charge in [0.2, 0.25) is 0 Å². The molecule has 0 spiro atoms. The summed E-state index contributed by atoms with van der Waals surface area (Å²) in [5.41, 5.74) is 7.29. The number of pyridine rings is 1. The number of para-hydroxylation sites is 1. The molecule has 1 heteroatoms. The van der Waals surface area contributed by atoms with Crippen LogP contribution in [0.15, 0.2) is 66.7 Å². The SMILES string of the molecule is Cc1cc2nc3ccccc3cc2c(-c2ccccc2)c1C. The Balaban J connectivity index is 2.17. The molecule has 0 amide bonds. The minimum Gasteiger partial charge on any atom is -0.248 e. The number of hydrogen-bond donors (Lipinski definition) is 0. The molecule has 0 saturated carbocycles. The molecule has 0 fully saturated rings. The number of rotatable bonds is 1. The highest BCUT2D eigenvalue weighted by Crippen LogP contribution is 2.34. The summed E-state index contributed by atoms with van der Waals surface area (Å²) in [4.78, 5) is 4.87. The van der Waals surface area contributed by atoms with Crippen molar-refractivity contribution in [3.8, 4) is 11.1 Å². The predicted molar refractivity (Wildman–Crippen MR) is 94.2 cm³/mol. The Bertz CT molecular complexity index is 985. The molecule has 0 aliphatic carbocycles. The third-order valence-electron chi connectivity index (χ3n) is 4.40. The predicted octanol–water partition coefficient (Wildman–Crippen LogP) is 5.67. The van der Waals surface area contributed by atoms with Gasteiger partial charge in [-0.05, 0) is 54.3 Å². The molecule has 106 valence electrons. The minimum absolute atomic E-state index is 1.05. The van der Waals surface area contributed by atoms with Crippen molar-refractivity contribution < 1.29 is 0 Å². The van der Waals surface area contributed by atoms with E-state index in [0.717, 1.165) is 11.0 Å². The van der Waals surface area contributed by atoms with Gasteiger partial charge in [0.15, 0.2) is 0 Å². The molecule has 0 unspecified atom stereocenters. The molecule has 0 radical (unpaired) electrons. The van der Waals surface area contributed by atoms with E-state index in [2.05, 4.69) is 74.5 Å². The van der Waals surface area contributed by atoms with E-state index < -0.39 is 0 Å². The molecule has 0 aliphatic heterocycles. The fourth-order valence-corrected chi connectivity index (χ4v) is 3.13. The van der Waals surface area contributed by atoms with Gasteiger partial charge in [-0.2, -0.15) is 0 Å². The van der Waals surface area contributed by atoms with Gasteiger partial charge in [-0.25, -0.2) is 4.98 Å². The Kier molecular flexibility index (Phi) is 2.93. The average molecular weight is 283 g/mol. The Morgan fingerprint density at radius 2 is 1.45 bits per heavy atom. The molecule has 0 aliphatic rings. The van der Waals surface area contributed by atoms with E-state index in [1.54, 1.807) is 0 Å². The normalized spacial score (nSPS) is 11.2. The maximum Gasteiger partial charge on any atom is 0.0718 e. The van der Waals surface area contributed by atoms with Gasteiger partial charge in [0.05, 0.1) is 11.0 Å². The number of aryl methyl sites for hydroxylation is 1. The van der Waals surface area contributed by atoms with Crippen LogP contribution in [0.25, 0.3) is 32.9 Å². The zero-order valence-corrected chi connectivity index (χ0v) is 12.8. The first kappa shape index (κ1) is 13.0. The van der Waals surface area contributed by atoms with Crippen LogP contribution in [0.4, 0.5) is 0 Å². The number of hydrogen-bond acceptors (Lipinski definition) is 1. The van der Waals surface area contributed by atoms with Crippen molar-refractivity contribution in [3.05, 3.63) is 77.9 Å².